The Kier molecular flexibility index (Phi) is 6.23. The van der Waals surface area contributed by atoms with E-state index in [0.717, 1.165) is 32.1 Å². The normalized spacial score (nSPS) is 47.8. The van der Waals surface area contributed by atoms with Crippen LogP contribution in [0.4, 0.5) is 0 Å². The molecule has 7 unspecified atom stereocenters. The lowest BCUT2D eigenvalue weighted by Crippen LogP contribution is -2.55. The standard InChI is InChI=1S/C27H46O3/c1-16(2)23(29)9-6-17(3)20-7-8-21-25-22(11-13-27(20,21)5)26(4)12-10-19(28)14-18(26)15-24(25)30/h15-17,19-25,28-30H,6-14H2,1-5H3/t17?,19?,20?,21?,22?,23?,24-,25?,26+,27-/m1/s1. The Morgan fingerprint density at radius 3 is 2.40 bits per heavy atom. The molecular weight excluding hydrogens is 372 g/mol. The van der Waals surface area contributed by atoms with Gasteiger partial charge in [0, 0.05) is 0 Å². The maximum atomic E-state index is 11.3. The summed E-state index contributed by atoms with van der Waals surface area (Å²) in [5.74, 6) is 3.24. The highest BCUT2D eigenvalue weighted by atomic mass is 16.3. The van der Waals surface area contributed by atoms with Crippen LogP contribution in [0.5, 0.6) is 0 Å². The molecule has 0 heterocycles. The Hall–Kier alpha value is -0.380. The minimum Gasteiger partial charge on any atom is -0.393 e. The van der Waals surface area contributed by atoms with E-state index in [0.29, 0.717) is 40.9 Å². The molecule has 172 valence electrons. The Morgan fingerprint density at radius 2 is 1.70 bits per heavy atom. The van der Waals surface area contributed by atoms with Gasteiger partial charge in [0.05, 0.1) is 18.3 Å². The molecule has 3 fully saturated rings. The van der Waals surface area contributed by atoms with Crippen LogP contribution in [-0.4, -0.2) is 33.6 Å². The molecule has 0 aromatic heterocycles. The van der Waals surface area contributed by atoms with Gasteiger partial charge in [0.2, 0.25) is 0 Å². The van der Waals surface area contributed by atoms with Gasteiger partial charge in [-0.05, 0) is 104 Å². The third kappa shape index (κ3) is 3.61. The van der Waals surface area contributed by atoms with Gasteiger partial charge in [-0.3, -0.25) is 0 Å². The first kappa shape index (κ1) is 22.8. The van der Waals surface area contributed by atoms with Crippen molar-refractivity contribution < 1.29 is 15.3 Å². The fourth-order valence-electron chi connectivity index (χ4n) is 8.57. The van der Waals surface area contributed by atoms with Gasteiger partial charge in [-0.15, -0.1) is 0 Å². The van der Waals surface area contributed by atoms with Crippen molar-refractivity contribution in [3.8, 4) is 0 Å². The first-order chi connectivity index (χ1) is 14.1. The molecule has 0 aromatic rings. The highest BCUT2D eigenvalue weighted by Crippen LogP contribution is 2.67. The van der Waals surface area contributed by atoms with Crippen molar-refractivity contribution in [2.24, 2.45) is 46.3 Å². The first-order valence-electron chi connectivity index (χ1n) is 12.8. The first-order valence-corrected chi connectivity index (χ1v) is 12.8. The highest BCUT2D eigenvalue weighted by Gasteiger charge is 2.61. The molecule has 4 aliphatic carbocycles. The molecule has 3 nitrogen and oxygen atoms in total. The summed E-state index contributed by atoms with van der Waals surface area (Å²) in [6.07, 6.45) is 11.2. The average molecular weight is 419 g/mol. The summed E-state index contributed by atoms with van der Waals surface area (Å²) in [5.41, 5.74) is 1.83. The van der Waals surface area contributed by atoms with Crippen molar-refractivity contribution in [2.45, 2.75) is 111 Å². The second-order valence-corrected chi connectivity index (χ2v) is 12.4. The fraction of sp³-hybridized carbons (Fsp3) is 0.926. The van der Waals surface area contributed by atoms with E-state index in [4.69, 9.17) is 0 Å². The Labute approximate surface area is 184 Å². The molecule has 0 spiro atoms. The van der Waals surface area contributed by atoms with E-state index >= 15 is 0 Å². The van der Waals surface area contributed by atoms with Crippen LogP contribution in [0.3, 0.4) is 0 Å². The summed E-state index contributed by atoms with van der Waals surface area (Å²) in [6, 6.07) is 0. The van der Waals surface area contributed by atoms with Crippen LogP contribution in [0, 0.1) is 46.3 Å². The van der Waals surface area contributed by atoms with Gasteiger partial charge in [-0.1, -0.05) is 46.3 Å². The smallest absolute Gasteiger partial charge is 0.0757 e. The zero-order valence-electron chi connectivity index (χ0n) is 20.0. The summed E-state index contributed by atoms with van der Waals surface area (Å²) < 4.78 is 0. The molecule has 0 aliphatic heterocycles. The molecule has 10 atom stereocenters. The SMILES string of the molecule is CC(C)C(O)CCC(C)C1CCC2C3C(CC[C@]12C)[C@@]1(C)CCC(O)CC1=C[C@H]3O. The van der Waals surface area contributed by atoms with Gasteiger partial charge < -0.3 is 15.3 Å². The predicted octanol–water partition coefficient (Wildman–Crippen LogP) is 5.33. The van der Waals surface area contributed by atoms with Crippen LogP contribution in [0.2, 0.25) is 0 Å². The number of rotatable bonds is 5. The van der Waals surface area contributed by atoms with Crippen molar-refractivity contribution in [1.29, 1.82) is 0 Å². The molecule has 0 saturated heterocycles. The average Bonchev–Trinajstić information content (AvgIpc) is 3.04. The Balaban J connectivity index is 1.53. The third-order valence-corrected chi connectivity index (χ3v) is 10.6. The van der Waals surface area contributed by atoms with Crippen LogP contribution in [0.25, 0.3) is 0 Å². The zero-order valence-corrected chi connectivity index (χ0v) is 20.0. The van der Waals surface area contributed by atoms with E-state index in [9.17, 15) is 15.3 Å². The van der Waals surface area contributed by atoms with Crippen LogP contribution in [0.15, 0.2) is 11.6 Å². The lowest BCUT2D eigenvalue weighted by molar-refractivity contribution is -0.0973. The summed E-state index contributed by atoms with van der Waals surface area (Å²) in [5, 5.41) is 31.8. The monoisotopic (exact) mass is 418 g/mol. The number of aliphatic hydroxyl groups is 3. The number of hydrogen-bond acceptors (Lipinski definition) is 3. The molecule has 4 aliphatic rings. The van der Waals surface area contributed by atoms with Crippen LogP contribution in [-0.2, 0) is 0 Å². The van der Waals surface area contributed by atoms with Crippen LogP contribution < -0.4 is 0 Å². The molecule has 3 N–H and O–H groups in total. The second-order valence-electron chi connectivity index (χ2n) is 12.4. The second kappa shape index (κ2) is 8.19. The molecule has 0 bridgehead atoms. The summed E-state index contributed by atoms with van der Waals surface area (Å²) in [4.78, 5) is 0. The van der Waals surface area contributed by atoms with E-state index in [-0.39, 0.29) is 23.7 Å². The quantitative estimate of drug-likeness (QED) is 0.529. The lowest BCUT2D eigenvalue weighted by Gasteiger charge is -2.59. The van der Waals surface area contributed by atoms with E-state index < -0.39 is 0 Å². The molecular formula is C27H46O3. The van der Waals surface area contributed by atoms with Crippen molar-refractivity contribution in [2.75, 3.05) is 0 Å². The van der Waals surface area contributed by atoms with Crippen molar-refractivity contribution >= 4 is 0 Å². The molecule has 3 heteroatoms. The maximum absolute atomic E-state index is 11.3. The molecule has 3 saturated carbocycles. The third-order valence-electron chi connectivity index (χ3n) is 10.6. The van der Waals surface area contributed by atoms with Gasteiger partial charge >= 0.3 is 0 Å². The molecule has 4 rings (SSSR count). The maximum Gasteiger partial charge on any atom is 0.0757 e. The van der Waals surface area contributed by atoms with Crippen molar-refractivity contribution in [1.82, 2.24) is 0 Å². The minimum absolute atomic E-state index is 0.176. The van der Waals surface area contributed by atoms with Gasteiger partial charge in [-0.25, -0.2) is 0 Å². The summed E-state index contributed by atoms with van der Waals surface area (Å²) >= 11 is 0. The van der Waals surface area contributed by atoms with Crippen molar-refractivity contribution in [3.05, 3.63) is 11.6 Å². The number of hydrogen-bond donors (Lipinski definition) is 3. The van der Waals surface area contributed by atoms with Gasteiger partial charge in [0.15, 0.2) is 0 Å². The highest BCUT2D eigenvalue weighted by molar-refractivity contribution is 5.27. The fourth-order valence-corrected chi connectivity index (χ4v) is 8.57. The summed E-state index contributed by atoms with van der Waals surface area (Å²) in [6.45, 7) is 11.6. The van der Waals surface area contributed by atoms with Gasteiger partial charge in [-0.2, -0.15) is 0 Å². The molecule has 0 radical (unpaired) electrons. The van der Waals surface area contributed by atoms with E-state index in [1.807, 2.05) is 0 Å². The lowest BCUT2D eigenvalue weighted by atomic mass is 9.46. The van der Waals surface area contributed by atoms with Gasteiger partial charge in [0.25, 0.3) is 0 Å². The summed E-state index contributed by atoms with van der Waals surface area (Å²) in [7, 11) is 0. The molecule has 0 amide bonds. The van der Waals surface area contributed by atoms with E-state index in [1.165, 1.54) is 31.3 Å². The topological polar surface area (TPSA) is 60.7 Å². The molecule has 30 heavy (non-hydrogen) atoms. The van der Waals surface area contributed by atoms with E-state index in [2.05, 4.69) is 40.7 Å². The van der Waals surface area contributed by atoms with Crippen LogP contribution >= 0.6 is 0 Å². The number of aliphatic hydroxyl groups excluding tert-OH is 3. The minimum atomic E-state index is -0.343. The zero-order chi connectivity index (χ0) is 21.8. The van der Waals surface area contributed by atoms with Crippen molar-refractivity contribution in [3.63, 3.8) is 0 Å². The predicted molar refractivity (Wildman–Crippen MR) is 122 cm³/mol. The van der Waals surface area contributed by atoms with Gasteiger partial charge in [0.1, 0.15) is 0 Å². The van der Waals surface area contributed by atoms with E-state index in [1.54, 1.807) is 0 Å². The number of fused-ring (bicyclic) bond motifs is 5. The molecule has 0 aromatic carbocycles. The Morgan fingerprint density at radius 1 is 0.967 bits per heavy atom. The largest absolute Gasteiger partial charge is 0.393 e. The Bertz CT molecular complexity index is 656. The van der Waals surface area contributed by atoms with Crippen LogP contribution in [0.1, 0.15) is 92.4 Å².